The van der Waals surface area contributed by atoms with E-state index < -0.39 is 6.10 Å². The van der Waals surface area contributed by atoms with Gasteiger partial charge in [-0.3, -0.25) is 0 Å². The van der Waals surface area contributed by atoms with Crippen LogP contribution in [0, 0.1) is 7.14 Å². The van der Waals surface area contributed by atoms with Crippen molar-refractivity contribution in [3.63, 3.8) is 0 Å². The van der Waals surface area contributed by atoms with Crippen molar-refractivity contribution in [2.24, 2.45) is 0 Å². The van der Waals surface area contributed by atoms with E-state index >= 15 is 0 Å². The highest BCUT2D eigenvalue weighted by Gasteiger charge is 2.23. The van der Waals surface area contributed by atoms with Gasteiger partial charge in [-0.05, 0) is 42.0 Å². The number of hydrogen-bond donors (Lipinski definition) is 1. The Kier molecular flexibility index (Phi) is 4.03. The van der Waals surface area contributed by atoms with Crippen LogP contribution in [-0.2, 0) is 0 Å². The van der Waals surface area contributed by atoms with Gasteiger partial charge in [0, 0.05) is 5.56 Å². The SMILES string of the molecule is C[C@@H](O)c1c([I+]c2ccccc2)ccc2ccccc12. The predicted octanol–water partition coefficient (Wildman–Crippen LogP) is 1.02. The van der Waals surface area contributed by atoms with Crippen LogP contribution in [0.4, 0.5) is 0 Å². The molecule has 0 aromatic heterocycles. The summed E-state index contributed by atoms with van der Waals surface area (Å²) in [6.07, 6.45) is -0.431. The third-order valence-electron chi connectivity index (χ3n) is 3.28. The number of aliphatic hydroxyl groups is 1. The summed E-state index contributed by atoms with van der Waals surface area (Å²) in [6.45, 7) is 1.86. The molecule has 0 heterocycles. The van der Waals surface area contributed by atoms with Crippen molar-refractivity contribution in [1.29, 1.82) is 0 Å². The Bertz CT molecular complexity index is 720. The Hall–Kier alpha value is -1.39. The molecule has 3 aromatic carbocycles. The maximum atomic E-state index is 10.2. The molecule has 1 nitrogen and oxygen atoms in total. The summed E-state index contributed by atoms with van der Waals surface area (Å²) < 4.78 is 2.69. The molecule has 0 saturated carbocycles. The van der Waals surface area contributed by atoms with Crippen LogP contribution in [0.1, 0.15) is 18.6 Å². The van der Waals surface area contributed by atoms with Crippen molar-refractivity contribution in [3.8, 4) is 0 Å². The standard InChI is InChI=1S/C18H16IO/c1-13(20)18-16-10-6-5-7-14(16)11-12-17(18)19-15-8-3-2-4-9-15/h2-13,20H,1H3/q+1/t13-/m1/s1. The summed E-state index contributed by atoms with van der Waals surface area (Å²) in [7, 11) is 0. The zero-order valence-electron chi connectivity index (χ0n) is 11.3. The zero-order chi connectivity index (χ0) is 13.9. The van der Waals surface area contributed by atoms with Gasteiger partial charge < -0.3 is 5.11 Å². The average Bonchev–Trinajstić information content (AvgIpc) is 2.47. The van der Waals surface area contributed by atoms with E-state index in [-0.39, 0.29) is 21.2 Å². The molecule has 2 heteroatoms. The first-order chi connectivity index (χ1) is 9.75. The lowest BCUT2D eigenvalue weighted by Gasteiger charge is -2.09. The molecule has 0 aliphatic carbocycles. The lowest BCUT2D eigenvalue weighted by Crippen LogP contribution is -3.61. The Morgan fingerprint density at radius 1 is 0.850 bits per heavy atom. The van der Waals surface area contributed by atoms with Crippen LogP contribution in [0.15, 0.2) is 66.7 Å². The van der Waals surface area contributed by atoms with Crippen LogP contribution in [0.5, 0.6) is 0 Å². The minimum absolute atomic E-state index is 0.261. The number of aliphatic hydroxyl groups excluding tert-OH is 1. The lowest BCUT2D eigenvalue weighted by molar-refractivity contribution is -0.598. The number of rotatable bonds is 3. The molecule has 0 bridgehead atoms. The second-order valence-corrected chi connectivity index (χ2v) is 7.70. The molecule has 100 valence electrons. The number of hydrogen-bond acceptors (Lipinski definition) is 1. The molecule has 0 saturated heterocycles. The van der Waals surface area contributed by atoms with Gasteiger partial charge in [0.2, 0.25) is 3.57 Å². The summed E-state index contributed by atoms with van der Waals surface area (Å²) in [5.41, 5.74) is 1.10. The van der Waals surface area contributed by atoms with Gasteiger partial charge in [0.25, 0.3) is 0 Å². The van der Waals surface area contributed by atoms with E-state index in [9.17, 15) is 5.11 Å². The van der Waals surface area contributed by atoms with Gasteiger partial charge in [0.05, 0.1) is 6.10 Å². The van der Waals surface area contributed by atoms with Gasteiger partial charge >= 0.3 is 21.2 Å². The molecular formula is C18H16IO+. The summed E-state index contributed by atoms with van der Waals surface area (Å²) >= 11 is -0.261. The fourth-order valence-corrected chi connectivity index (χ4v) is 5.21. The summed E-state index contributed by atoms with van der Waals surface area (Å²) in [6, 6.07) is 23.2. The van der Waals surface area contributed by atoms with E-state index in [0.29, 0.717) is 0 Å². The monoisotopic (exact) mass is 375 g/mol. The van der Waals surface area contributed by atoms with Crippen LogP contribution in [0.2, 0.25) is 0 Å². The average molecular weight is 375 g/mol. The van der Waals surface area contributed by atoms with Gasteiger partial charge in [-0.15, -0.1) is 0 Å². The first-order valence-corrected chi connectivity index (χ1v) is 8.81. The highest BCUT2D eigenvalue weighted by Crippen LogP contribution is 2.23. The van der Waals surface area contributed by atoms with Gasteiger partial charge in [-0.2, -0.15) is 0 Å². The van der Waals surface area contributed by atoms with Crippen molar-refractivity contribution in [3.05, 3.63) is 79.4 Å². The minimum atomic E-state index is -0.431. The van der Waals surface area contributed by atoms with Gasteiger partial charge in [-0.25, -0.2) is 0 Å². The molecule has 0 radical (unpaired) electrons. The molecule has 0 unspecified atom stereocenters. The highest BCUT2D eigenvalue weighted by atomic mass is 127. The van der Waals surface area contributed by atoms with E-state index in [1.165, 1.54) is 17.9 Å². The van der Waals surface area contributed by atoms with Crippen molar-refractivity contribution < 1.29 is 26.3 Å². The van der Waals surface area contributed by atoms with Crippen molar-refractivity contribution in [1.82, 2.24) is 0 Å². The molecule has 1 N–H and O–H groups in total. The molecule has 0 spiro atoms. The maximum Gasteiger partial charge on any atom is 0.358 e. The number of benzene rings is 3. The highest BCUT2D eigenvalue weighted by molar-refractivity contribution is 5.85. The van der Waals surface area contributed by atoms with Crippen molar-refractivity contribution >= 4 is 10.8 Å². The van der Waals surface area contributed by atoms with Crippen LogP contribution >= 0.6 is 0 Å². The topological polar surface area (TPSA) is 20.2 Å². The summed E-state index contributed by atoms with van der Waals surface area (Å²) in [4.78, 5) is 0. The van der Waals surface area contributed by atoms with E-state index in [1.807, 2.05) is 25.1 Å². The summed E-state index contributed by atoms with van der Waals surface area (Å²) in [5, 5.41) is 12.6. The first kappa shape index (κ1) is 13.6. The number of fused-ring (bicyclic) bond motifs is 1. The van der Waals surface area contributed by atoms with E-state index in [0.717, 1.165) is 5.56 Å². The zero-order valence-corrected chi connectivity index (χ0v) is 13.4. The molecule has 3 rings (SSSR count). The number of halogens is 1. The van der Waals surface area contributed by atoms with Crippen molar-refractivity contribution in [2.75, 3.05) is 0 Å². The molecule has 0 fully saturated rings. The smallest absolute Gasteiger partial charge is 0.358 e. The Morgan fingerprint density at radius 3 is 2.30 bits per heavy atom. The minimum Gasteiger partial charge on any atom is -0.389 e. The van der Waals surface area contributed by atoms with E-state index in [4.69, 9.17) is 0 Å². The second kappa shape index (κ2) is 5.94. The fourth-order valence-electron chi connectivity index (χ4n) is 2.37. The lowest BCUT2D eigenvalue weighted by atomic mass is 10.0. The van der Waals surface area contributed by atoms with Crippen molar-refractivity contribution in [2.45, 2.75) is 13.0 Å². The molecule has 1 atom stereocenters. The van der Waals surface area contributed by atoms with Crippen LogP contribution in [-0.4, -0.2) is 5.11 Å². The molecule has 3 aromatic rings. The summed E-state index contributed by atoms with van der Waals surface area (Å²) in [5.74, 6) is 0. The van der Waals surface area contributed by atoms with Crippen LogP contribution in [0.25, 0.3) is 10.8 Å². The molecule has 0 amide bonds. The van der Waals surface area contributed by atoms with Gasteiger partial charge in [0.15, 0.2) is 3.57 Å². The Morgan fingerprint density at radius 2 is 1.55 bits per heavy atom. The third-order valence-corrected chi connectivity index (χ3v) is 6.14. The molecular weight excluding hydrogens is 359 g/mol. The quantitative estimate of drug-likeness (QED) is 0.678. The second-order valence-electron chi connectivity index (χ2n) is 4.75. The van der Waals surface area contributed by atoms with Crippen LogP contribution < -0.4 is 21.2 Å². The predicted molar refractivity (Wildman–Crippen MR) is 78.4 cm³/mol. The Labute approximate surface area is 129 Å². The molecule has 0 aliphatic rings. The van der Waals surface area contributed by atoms with Gasteiger partial charge in [0.1, 0.15) is 0 Å². The Balaban J connectivity index is 2.13. The molecule has 0 aliphatic heterocycles. The first-order valence-electron chi connectivity index (χ1n) is 6.65. The largest absolute Gasteiger partial charge is 0.389 e. The molecule has 20 heavy (non-hydrogen) atoms. The van der Waals surface area contributed by atoms with Gasteiger partial charge in [-0.1, -0.05) is 42.5 Å². The maximum absolute atomic E-state index is 10.2. The fraction of sp³-hybridized carbons (Fsp3) is 0.111. The van der Waals surface area contributed by atoms with E-state index in [1.54, 1.807) is 0 Å². The van der Waals surface area contributed by atoms with Crippen LogP contribution in [0.3, 0.4) is 0 Å². The third kappa shape index (κ3) is 2.72. The normalized spacial score (nSPS) is 12.5. The van der Waals surface area contributed by atoms with E-state index in [2.05, 4.69) is 48.5 Å².